The van der Waals surface area contributed by atoms with Crippen molar-refractivity contribution in [3.63, 3.8) is 0 Å². The lowest BCUT2D eigenvalue weighted by molar-refractivity contribution is -0.134. The minimum Gasteiger partial charge on any atom is -0.508 e. The van der Waals surface area contributed by atoms with Crippen LogP contribution in [0.4, 0.5) is 15.5 Å². The Kier molecular flexibility index (Phi) is 25.0. The van der Waals surface area contributed by atoms with Crippen LogP contribution in [0.1, 0.15) is 97.7 Å². The van der Waals surface area contributed by atoms with Crippen LogP contribution in [0.3, 0.4) is 0 Å². The minimum absolute atomic E-state index is 0. The van der Waals surface area contributed by atoms with Crippen LogP contribution in [0.2, 0.25) is 0 Å². The van der Waals surface area contributed by atoms with E-state index in [1.165, 1.54) is 26.8 Å². The molecule has 0 bridgehead atoms. The second-order valence-electron chi connectivity index (χ2n) is 25.6. The van der Waals surface area contributed by atoms with Crippen LogP contribution in [0, 0.1) is 0 Å². The second kappa shape index (κ2) is 33.7. The largest absolute Gasteiger partial charge is 0.508 e. The lowest BCUT2D eigenvalue weighted by Crippen LogP contribution is -2.41. The van der Waals surface area contributed by atoms with Gasteiger partial charge in [-0.25, -0.2) is 19.3 Å². The number of nitrogens with two attached hydrogens (primary N) is 1. The molecule has 1 atom stereocenters. The Morgan fingerprint density at radius 3 is 1.61 bits per heavy atom. The van der Waals surface area contributed by atoms with Gasteiger partial charge < -0.3 is 73.2 Å². The molecule has 0 saturated carbocycles. The topological polar surface area (TPSA) is 267 Å². The monoisotopic (exact) mass is 1360 g/mol. The van der Waals surface area contributed by atoms with Gasteiger partial charge in [0.05, 0.1) is 50.8 Å². The summed E-state index contributed by atoms with van der Waals surface area (Å²) in [5, 5.41) is 22.9. The Hall–Kier alpha value is -9.46. The number of carbonyl (C=O) groups is 3. The van der Waals surface area contributed by atoms with Gasteiger partial charge in [0.15, 0.2) is 23.1 Å². The summed E-state index contributed by atoms with van der Waals surface area (Å²) >= 11 is 0. The molecule has 13 rings (SSSR count). The number of hydrogen-bond donors (Lipinski definition) is 3. The smallest absolute Gasteiger partial charge is 0.410 e. The molecule has 1 unspecified atom stereocenters. The van der Waals surface area contributed by atoms with Crippen molar-refractivity contribution in [2.75, 3.05) is 92.9 Å². The molecule has 4 aromatic heterocycles. The van der Waals surface area contributed by atoms with E-state index in [0.29, 0.717) is 114 Å². The van der Waals surface area contributed by atoms with Gasteiger partial charge >= 0.3 is 12.2 Å². The number of carbonyl (C=O) groups excluding carboxylic acids is 3. The zero-order valence-corrected chi connectivity index (χ0v) is 58.1. The summed E-state index contributed by atoms with van der Waals surface area (Å²) in [6.07, 6.45) is 5.98. The summed E-state index contributed by atoms with van der Waals surface area (Å²) in [6, 6.07) is 36.1. The second-order valence-corrected chi connectivity index (χ2v) is 25.6. The number of aromatic nitrogens is 6. The number of halogens is 1. The molecule has 4 aliphatic heterocycles. The summed E-state index contributed by atoms with van der Waals surface area (Å²) in [7, 11) is 4.97. The number of ether oxygens (including phenoxy) is 8. The lowest BCUT2D eigenvalue weighted by atomic mass is 9.97. The Morgan fingerprint density at radius 2 is 1.08 bits per heavy atom. The number of nitrogens with zero attached hydrogens (tertiary/aromatic N) is 9. The van der Waals surface area contributed by atoms with Crippen molar-refractivity contribution >= 4 is 53.1 Å². The van der Waals surface area contributed by atoms with E-state index in [-0.39, 0.29) is 42.2 Å². The van der Waals surface area contributed by atoms with E-state index in [2.05, 4.69) is 49.7 Å². The van der Waals surface area contributed by atoms with E-state index in [1.54, 1.807) is 66.5 Å². The third-order valence-corrected chi connectivity index (χ3v) is 16.5. The number of furan rings is 1. The number of nitrogen functional groups attached to an aromatic ring is 1. The summed E-state index contributed by atoms with van der Waals surface area (Å²) in [6.45, 7) is 19.6. The van der Waals surface area contributed by atoms with Crippen LogP contribution in [0.15, 0.2) is 132 Å². The molecule has 0 saturated heterocycles. The first-order valence-corrected chi connectivity index (χ1v) is 32.7. The number of amides is 3. The number of fused-ring (bicyclic) bond motifs is 7. The fraction of sp³-hybridized carbons (Fsp3) is 0.411. The van der Waals surface area contributed by atoms with Crippen molar-refractivity contribution in [2.45, 2.75) is 111 Å². The first-order valence-electron chi connectivity index (χ1n) is 32.7. The maximum absolute atomic E-state index is 14.4. The summed E-state index contributed by atoms with van der Waals surface area (Å²) in [4.78, 5) is 53.1. The van der Waals surface area contributed by atoms with Crippen molar-refractivity contribution in [1.29, 1.82) is 0 Å². The van der Waals surface area contributed by atoms with Gasteiger partial charge in [0, 0.05) is 76.3 Å². The number of phenolic OH excluding ortho intramolecular Hbond substituents is 1. The van der Waals surface area contributed by atoms with Gasteiger partial charge in [0.25, 0.3) is 5.91 Å². The SMILES string of the molecule is CC(C)(C)OC(=O)N1CCc2cccc(O)c2C1.COCCOc1cccc2c1CN(C(=O)C(c1ccccc1)n1ncc3c1nc(N)n1nc(-c4ccco4)nc31)CC2.COCCOc1cccc2c1CN(C(=O)OC(C)(C)C)CC2.COCCOc1cccc2c1CNCC2.Cl. The summed E-state index contributed by atoms with van der Waals surface area (Å²) < 4.78 is 51.9. The highest BCUT2D eigenvalue weighted by Gasteiger charge is 2.35. The molecule has 98 heavy (non-hydrogen) atoms. The number of benzene rings is 5. The van der Waals surface area contributed by atoms with Crippen LogP contribution in [-0.2, 0) is 80.3 Å². The average molecular weight is 1370 g/mol. The van der Waals surface area contributed by atoms with Crippen molar-refractivity contribution in [3.8, 4) is 34.6 Å². The molecule has 0 radical (unpaired) electrons. The van der Waals surface area contributed by atoms with Crippen LogP contribution >= 0.6 is 12.4 Å². The van der Waals surface area contributed by atoms with Crippen LogP contribution in [0.25, 0.3) is 28.3 Å². The molecule has 3 amide bonds. The number of anilines is 1. The Bertz CT molecular complexity index is 4110. The summed E-state index contributed by atoms with van der Waals surface area (Å²) in [5.74, 6) is 3.72. The molecule has 4 aliphatic rings. The zero-order valence-electron chi connectivity index (χ0n) is 57.3. The predicted octanol–water partition coefficient (Wildman–Crippen LogP) is 11.0. The number of rotatable bonds is 16. The fourth-order valence-corrected chi connectivity index (χ4v) is 11.7. The normalized spacial score (nSPS) is 14.2. The van der Waals surface area contributed by atoms with E-state index in [0.717, 1.165) is 77.4 Å². The molecule has 4 N–H and O–H groups in total. The number of phenols is 1. The van der Waals surface area contributed by atoms with Crippen LogP contribution in [0.5, 0.6) is 23.0 Å². The van der Waals surface area contributed by atoms with Gasteiger partial charge in [0.1, 0.15) is 54.0 Å². The number of aromatic hydroxyl groups is 1. The van der Waals surface area contributed by atoms with E-state index in [4.69, 9.17) is 48.0 Å². The molecule has 0 spiro atoms. The third-order valence-electron chi connectivity index (χ3n) is 16.5. The fourth-order valence-electron chi connectivity index (χ4n) is 11.7. The summed E-state index contributed by atoms with van der Waals surface area (Å²) in [5.41, 5.74) is 16.2. The Labute approximate surface area is 577 Å². The maximum Gasteiger partial charge on any atom is 0.410 e. The van der Waals surface area contributed by atoms with Gasteiger partial charge in [-0.1, -0.05) is 78.9 Å². The van der Waals surface area contributed by atoms with E-state index in [1.807, 2.05) is 119 Å². The molecular formula is C73H90ClN11O13. The number of methoxy groups -OCH3 is 3. The molecular weight excluding hydrogens is 1270 g/mol. The van der Waals surface area contributed by atoms with Crippen LogP contribution in [-0.4, -0.2) is 166 Å². The molecule has 9 aromatic rings. The maximum atomic E-state index is 14.4. The molecule has 5 aromatic carbocycles. The number of hydrogen-bond acceptors (Lipinski definition) is 19. The van der Waals surface area contributed by atoms with Gasteiger partial charge in [-0.3, -0.25) is 4.79 Å². The zero-order chi connectivity index (χ0) is 68.6. The molecule has 8 heterocycles. The highest BCUT2D eigenvalue weighted by atomic mass is 35.5. The minimum atomic E-state index is -0.784. The average Bonchev–Trinajstić information content (AvgIpc) is 1.58. The van der Waals surface area contributed by atoms with Crippen molar-refractivity contribution in [3.05, 3.63) is 178 Å². The van der Waals surface area contributed by atoms with Gasteiger partial charge in [-0.05, 0) is 138 Å². The molecule has 24 nitrogen and oxygen atoms in total. The highest BCUT2D eigenvalue weighted by molar-refractivity contribution is 5.93. The van der Waals surface area contributed by atoms with E-state index >= 15 is 0 Å². The van der Waals surface area contributed by atoms with E-state index < -0.39 is 17.2 Å². The van der Waals surface area contributed by atoms with Crippen molar-refractivity contribution < 1.29 is 61.8 Å². The van der Waals surface area contributed by atoms with Crippen LogP contribution < -0.4 is 25.3 Å². The predicted molar refractivity (Wildman–Crippen MR) is 373 cm³/mol. The molecule has 522 valence electrons. The first kappa shape index (κ1) is 72.8. The van der Waals surface area contributed by atoms with Gasteiger partial charge in [-0.2, -0.15) is 14.6 Å². The first-order chi connectivity index (χ1) is 46.8. The quantitative estimate of drug-likeness (QED) is 0.0759. The molecule has 25 heteroatoms. The molecule has 0 aliphatic carbocycles. The Balaban J connectivity index is 0.000000169. The Morgan fingerprint density at radius 1 is 0.582 bits per heavy atom. The standard InChI is InChI=1S/C30H28N8O4.C17H25NO4.C14H19NO3.C12H17NO2.ClH/c1-40-15-16-42-23-10-5-9-19-12-13-36(18-22(19)23)29(39)25(20-7-3-2-4-8-20)37-28-21(17-32-37)27-33-26(24-11-6-14-41-24)35-38(27)30(31)34-28;1-17(2,3)22-16(19)18-9-8-13-6-5-7-15(14(13)12-18)21-11-10-20-4;1-14(2,3)18-13(17)15-8-7-10-5-4-6-12(16)11(10)9-15;1-14-7-8-15-12-4-2-3-10-5-6-13-9-11(10)12;/h2-11,14,17,25H,12-13,15-16,18H2,1H3,(H2,31,34);5-7H,8-12H2,1-4H3;4-6,16H,7-9H2,1-3H3;2-4,13H,5-9H2,1H3;1H. The highest BCUT2D eigenvalue weighted by Crippen LogP contribution is 2.35. The van der Waals surface area contributed by atoms with Gasteiger partial charge in [-0.15, -0.1) is 17.5 Å². The number of nitrogens with one attached hydrogen (secondary N) is 1. The van der Waals surface area contributed by atoms with Crippen molar-refractivity contribution in [1.82, 2.24) is 49.4 Å². The van der Waals surface area contributed by atoms with Crippen molar-refractivity contribution in [2.24, 2.45) is 0 Å². The third kappa shape index (κ3) is 18.4. The van der Waals surface area contributed by atoms with E-state index in [9.17, 15) is 19.5 Å². The van der Waals surface area contributed by atoms with Gasteiger partial charge in [0.2, 0.25) is 11.8 Å². The molecule has 0 fully saturated rings. The lowest BCUT2D eigenvalue weighted by Gasteiger charge is -2.33.